The number of likely N-dealkylation sites (tertiary alicyclic amines) is 1. The SMILES string of the molecule is C=CNC(=C)C(CCC)c1nn(C)c2cc(NC(=C)CN3CCC(CC4CC4CCc4cccc(-c5ccc(N6CCc7cccc(C(=C)Nc8nc9ccccc9s8)c7C6)nc5C=C)c4C)CC3)ccc12. The first-order valence-corrected chi connectivity index (χ1v) is 27.0. The number of nitrogens with one attached hydrogen (secondary N) is 3. The number of piperidine rings is 1. The van der Waals surface area contributed by atoms with E-state index in [4.69, 9.17) is 15.1 Å². The number of fused-ring (bicyclic) bond motifs is 3. The van der Waals surface area contributed by atoms with Gasteiger partial charge in [0.15, 0.2) is 5.13 Å². The van der Waals surface area contributed by atoms with E-state index in [0.29, 0.717) is 0 Å². The Morgan fingerprint density at radius 1 is 0.889 bits per heavy atom. The lowest BCUT2D eigenvalue weighted by Gasteiger charge is -2.32. The van der Waals surface area contributed by atoms with Gasteiger partial charge in [0.05, 0.1) is 27.1 Å². The highest BCUT2D eigenvalue weighted by atomic mass is 32.1. The van der Waals surface area contributed by atoms with E-state index in [9.17, 15) is 0 Å². The standard InChI is InChI=1S/C62H71N9S/c1-9-16-52(42(6)63-11-3)61-54-26-25-49(37-58(54)69(8)68-61)64-40(4)38-70-32-29-44(30-33-70)35-48-36-47(48)24-23-45-17-14-19-50(41(45)5)53-27-28-60(66-56(53)10-2)71-34-31-46-18-15-20-51(55(46)39-71)43(7)65-62-67-57-21-12-13-22-59(57)72-62/h10-15,17-22,25-28,37,44,47-48,52,63-64H,2-4,6-7,9,16,23-24,29-36,38-39H2,1,5,8H3,(H,65,67). The van der Waals surface area contributed by atoms with Gasteiger partial charge in [-0.3, -0.25) is 9.58 Å². The Bertz CT molecular complexity index is 3130. The largest absolute Gasteiger partial charge is 0.366 e. The van der Waals surface area contributed by atoms with Crippen LogP contribution in [0.5, 0.6) is 0 Å². The highest BCUT2D eigenvalue weighted by molar-refractivity contribution is 7.22. The van der Waals surface area contributed by atoms with E-state index >= 15 is 0 Å². The van der Waals surface area contributed by atoms with Gasteiger partial charge in [-0.15, -0.1) is 0 Å². The minimum atomic E-state index is 0.127. The number of benzene rings is 4. The number of anilines is 3. The first kappa shape index (κ1) is 48.9. The Morgan fingerprint density at radius 2 is 1.72 bits per heavy atom. The zero-order valence-electron chi connectivity index (χ0n) is 42.7. The van der Waals surface area contributed by atoms with Crippen LogP contribution in [0.1, 0.15) is 97.0 Å². The molecule has 0 amide bonds. The molecule has 10 heteroatoms. The van der Waals surface area contributed by atoms with E-state index in [0.717, 1.165) is 154 Å². The fraction of sp³-hybridized carbons (Fsp3) is 0.339. The lowest BCUT2D eigenvalue weighted by atomic mass is 9.90. The van der Waals surface area contributed by atoms with Crippen molar-refractivity contribution in [2.75, 3.05) is 41.7 Å². The van der Waals surface area contributed by atoms with Gasteiger partial charge in [-0.1, -0.05) is 106 Å². The molecule has 2 fully saturated rings. The van der Waals surface area contributed by atoms with Crippen molar-refractivity contribution >= 4 is 60.9 Å². The molecule has 1 aliphatic carbocycles. The van der Waals surface area contributed by atoms with Crippen LogP contribution >= 0.6 is 11.3 Å². The van der Waals surface area contributed by atoms with Crippen LogP contribution in [0.2, 0.25) is 0 Å². The molecule has 7 aromatic rings. The molecule has 4 aromatic carbocycles. The third-order valence-electron chi connectivity index (χ3n) is 15.7. The summed E-state index contributed by atoms with van der Waals surface area (Å²) in [7, 11) is 2.02. The summed E-state index contributed by atoms with van der Waals surface area (Å²) in [6.45, 7) is 30.6. The van der Waals surface area contributed by atoms with Crippen LogP contribution < -0.4 is 20.9 Å². The molecule has 72 heavy (non-hydrogen) atoms. The summed E-state index contributed by atoms with van der Waals surface area (Å²) in [5.41, 5.74) is 17.0. The topological polar surface area (TPSA) is 86.2 Å². The third-order valence-corrected chi connectivity index (χ3v) is 16.7. The number of hydrogen-bond acceptors (Lipinski definition) is 9. The summed E-state index contributed by atoms with van der Waals surface area (Å²) >= 11 is 1.65. The van der Waals surface area contributed by atoms with Gasteiger partial charge in [0.1, 0.15) is 5.82 Å². The summed E-state index contributed by atoms with van der Waals surface area (Å²) < 4.78 is 3.15. The molecule has 3 unspecified atom stereocenters. The van der Waals surface area contributed by atoms with Crippen LogP contribution in [0.15, 0.2) is 141 Å². The predicted octanol–water partition coefficient (Wildman–Crippen LogP) is 14.3. The molecule has 3 aromatic heterocycles. The number of rotatable bonds is 21. The fourth-order valence-corrected chi connectivity index (χ4v) is 12.6. The Hall–Kier alpha value is -6.75. The number of aryl methyl sites for hydroxylation is 2. The minimum Gasteiger partial charge on any atom is -0.366 e. The summed E-state index contributed by atoms with van der Waals surface area (Å²) in [6.07, 6.45) is 14.3. The second kappa shape index (κ2) is 21.5. The van der Waals surface area contributed by atoms with Crippen LogP contribution in [0, 0.1) is 24.7 Å². The highest BCUT2D eigenvalue weighted by Crippen LogP contribution is 2.48. The summed E-state index contributed by atoms with van der Waals surface area (Å²) in [4.78, 5) is 15.0. The maximum atomic E-state index is 5.26. The van der Waals surface area contributed by atoms with Crippen molar-refractivity contribution in [1.29, 1.82) is 0 Å². The van der Waals surface area contributed by atoms with Crippen LogP contribution in [-0.4, -0.2) is 50.8 Å². The average Bonchev–Trinajstić information content (AvgIpc) is 3.87. The molecule has 1 saturated heterocycles. The van der Waals surface area contributed by atoms with Gasteiger partial charge in [0.2, 0.25) is 0 Å². The van der Waals surface area contributed by atoms with E-state index in [1.54, 1.807) is 17.5 Å². The van der Waals surface area contributed by atoms with Crippen molar-refractivity contribution in [2.45, 2.75) is 84.1 Å². The second-order valence-electron chi connectivity index (χ2n) is 20.5. The summed E-state index contributed by atoms with van der Waals surface area (Å²) in [5, 5.41) is 17.3. The third kappa shape index (κ3) is 10.6. The lowest BCUT2D eigenvalue weighted by Crippen LogP contribution is -2.36. The van der Waals surface area contributed by atoms with Crippen LogP contribution in [0.3, 0.4) is 0 Å². The molecule has 2 aliphatic heterocycles. The number of para-hydroxylation sites is 1. The normalized spacial score (nSPS) is 17.3. The maximum Gasteiger partial charge on any atom is 0.188 e. The predicted molar refractivity (Wildman–Crippen MR) is 305 cm³/mol. The first-order valence-electron chi connectivity index (χ1n) is 26.2. The van der Waals surface area contributed by atoms with Gasteiger partial charge in [0, 0.05) is 71.9 Å². The fourth-order valence-electron chi connectivity index (χ4n) is 11.7. The quantitative estimate of drug-likeness (QED) is 0.0657. The number of thiazole rings is 1. The minimum absolute atomic E-state index is 0.127. The molecule has 1 saturated carbocycles. The van der Waals surface area contributed by atoms with E-state index in [-0.39, 0.29) is 5.92 Å². The summed E-state index contributed by atoms with van der Waals surface area (Å²) in [5.74, 6) is 3.63. The first-order chi connectivity index (χ1) is 35.1. The monoisotopic (exact) mass is 974 g/mol. The zero-order valence-corrected chi connectivity index (χ0v) is 43.5. The second-order valence-corrected chi connectivity index (χ2v) is 21.6. The number of nitrogens with zero attached hydrogens (tertiary/aromatic N) is 6. The van der Waals surface area contributed by atoms with Crippen molar-refractivity contribution in [2.24, 2.45) is 24.8 Å². The molecular formula is C62H71N9S. The molecule has 9 nitrogen and oxygen atoms in total. The van der Waals surface area contributed by atoms with Crippen molar-refractivity contribution in [3.8, 4) is 11.1 Å². The van der Waals surface area contributed by atoms with Crippen LogP contribution in [0.25, 0.3) is 44.0 Å². The Morgan fingerprint density at radius 3 is 2.53 bits per heavy atom. The van der Waals surface area contributed by atoms with Crippen molar-refractivity contribution in [1.82, 2.24) is 30.0 Å². The molecule has 0 radical (unpaired) electrons. The Kier molecular flexibility index (Phi) is 14.6. The van der Waals surface area contributed by atoms with Gasteiger partial charge in [-0.25, -0.2) is 9.97 Å². The van der Waals surface area contributed by atoms with Gasteiger partial charge in [0.25, 0.3) is 0 Å². The van der Waals surface area contributed by atoms with E-state index in [1.807, 2.05) is 23.9 Å². The van der Waals surface area contributed by atoms with Gasteiger partial charge < -0.3 is 20.9 Å². The van der Waals surface area contributed by atoms with Crippen molar-refractivity contribution < 1.29 is 0 Å². The molecular weight excluding hydrogens is 903 g/mol. The smallest absolute Gasteiger partial charge is 0.188 e. The average molecular weight is 974 g/mol. The Balaban J connectivity index is 0.697. The van der Waals surface area contributed by atoms with Crippen LogP contribution in [0.4, 0.5) is 16.6 Å². The van der Waals surface area contributed by atoms with E-state index < -0.39 is 0 Å². The molecule has 3 aliphatic rings. The Labute approximate surface area is 431 Å². The van der Waals surface area contributed by atoms with Gasteiger partial charge >= 0.3 is 0 Å². The number of aromatic nitrogens is 4. The number of allylic oxidation sites excluding steroid dienone is 1. The van der Waals surface area contributed by atoms with E-state index in [1.165, 1.54) is 59.9 Å². The molecule has 0 bridgehead atoms. The van der Waals surface area contributed by atoms with Crippen molar-refractivity contribution in [3.63, 3.8) is 0 Å². The lowest BCUT2D eigenvalue weighted by molar-refractivity contribution is 0.186. The summed E-state index contributed by atoms with van der Waals surface area (Å²) in [6, 6.07) is 32.7. The van der Waals surface area contributed by atoms with Crippen LogP contribution in [-0.2, 0) is 26.4 Å². The molecule has 3 N–H and O–H groups in total. The highest BCUT2D eigenvalue weighted by Gasteiger charge is 2.38. The van der Waals surface area contributed by atoms with Crippen molar-refractivity contribution in [3.05, 3.63) is 181 Å². The maximum absolute atomic E-state index is 5.26. The molecule has 3 atom stereocenters. The molecule has 0 spiro atoms. The van der Waals surface area contributed by atoms with Gasteiger partial charge in [-0.2, -0.15) is 5.10 Å². The zero-order chi connectivity index (χ0) is 49.9. The van der Waals surface area contributed by atoms with Gasteiger partial charge in [-0.05, 0) is 172 Å². The molecule has 370 valence electrons. The number of pyridine rings is 1. The molecule has 5 heterocycles. The number of hydrogen-bond donors (Lipinski definition) is 3. The molecule has 10 rings (SSSR count). The van der Waals surface area contributed by atoms with E-state index in [2.05, 4.69) is 157 Å².